The molecule has 1 N–H and O–H groups in total. The van der Waals surface area contributed by atoms with Crippen molar-refractivity contribution in [2.75, 3.05) is 14.2 Å². The third kappa shape index (κ3) is 3.80. The molecule has 5 heteroatoms. The summed E-state index contributed by atoms with van der Waals surface area (Å²) in [6.45, 7) is 1.88. The summed E-state index contributed by atoms with van der Waals surface area (Å²) < 4.78 is 10.5. The van der Waals surface area contributed by atoms with E-state index in [1.165, 1.54) is 0 Å². The minimum Gasteiger partial charge on any atom is -0.493 e. The van der Waals surface area contributed by atoms with Crippen molar-refractivity contribution in [1.29, 1.82) is 5.26 Å². The Bertz CT molecular complexity index is 750. The van der Waals surface area contributed by atoms with Crippen molar-refractivity contribution in [3.8, 4) is 17.6 Å². The van der Waals surface area contributed by atoms with Crippen LogP contribution >= 0.6 is 0 Å². The highest BCUT2D eigenvalue weighted by Crippen LogP contribution is 2.29. The number of nitrogens with one attached hydrogen (secondary N) is 1. The van der Waals surface area contributed by atoms with E-state index in [1.807, 2.05) is 25.1 Å². The Balaban J connectivity index is 2.16. The number of nitriles is 1. The van der Waals surface area contributed by atoms with E-state index in [0.29, 0.717) is 22.6 Å². The van der Waals surface area contributed by atoms with Crippen LogP contribution in [0.4, 0.5) is 0 Å². The van der Waals surface area contributed by atoms with E-state index in [9.17, 15) is 4.79 Å². The van der Waals surface area contributed by atoms with E-state index in [-0.39, 0.29) is 11.9 Å². The van der Waals surface area contributed by atoms with Crippen LogP contribution in [0.25, 0.3) is 0 Å². The molecule has 0 radical (unpaired) electrons. The highest BCUT2D eigenvalue weighted by molar-refractivity contribution is 5.94. The number of methoxy groups -OCH3 is 2. The zero-order valence-corrected chi connectivity index (χ0v) is 13.3. The van der Waals surface area contributed by atoms with Gasteiger partial charge in [0.15, 0.2) is 11.5 Å². The lowest BCUT2D eigenvalue weighted by molar-refractivity contribution is 0.0940. The van der Waals surface area contributed by atoms with E-state index in [1.54, 1.807) is 44.6 Å². The number of amides is 1. The standard InChI is InChI=1S/C18H18N2O3/c1-12(14-7-8-16(22-2)17(10-14)23-3)20-18(21)15-6-4-5-13(9-15)11-19/h4-10,12H,1-3H3,(H,20,21)/t12-/m0/s1. The number of hydrogen-bond donors (Lipinski definition) is 1. The molecule has 23 heavy (non-hydrogen) atoms. The van der Waals surface area contributed by atoms with Gasteiger partial charge in [-0.1, -0.05) is 12.1 Å². The maximum Gasteiger partial charge on any atom is 0.251 e. The van der Waals surface area contributed by atoms with Crippen LogP contribution in [0.2, 0.25) is 0 Å². The first-order chi connectivity index (χ1) is 11.1. The number of ether oxygens (including phenoxy) is 2. The zero-order valence-electron chi connectivity index (χ0n) is 13.3. The Labute approximate surface area is 135 Å². The fraction of sp³-hybridized carbons (Fsp3) is 0.222. The highest BCUT2D eigenvalue weighted by Gasteiger charge is 2.14. The molecule has 0 saturated heterocycles. The topological polar surface area (TPSA) is 71.3 Å². The van der Waals surface area contributed by atoms with Gasteiger partial charge in [0.05, 0.1) is 31.9 Å². The maximum absolute atomic E-state index is 12.3. The Morgan fingerprint density at radius 3 is 2.52 bits per heavy atom. The molecule has 0 aliphatic heterocycles. The van der Waals surface area contributed by atoms with Crippen molar-refractivity contribution in [3.63, 3.8) is 0 Å². The Morgan fingerprint density at radius 2 is 1.87 bits per heavy atom. The van der Waals surface area contributed by atoms with Crippen LogP contribution in [0, 0.1) is 11.3 Å². The smallest absolute Gasteiger partial charge is 0.251 e. The van der Waals surface area contributed by atoms with E-state index in [2.05, 4.69) is 5.32 Å². The first kappa shape index (κ1) is 16.4. The van der Waals surface area contributed by atoms with Gasteiger partial charge in [-0.05, 0) is 42.8 Å². The predicted octanol–water partition coefficient (Wildman–Crippen LogP) is 3.07. The van der Waals surface area contributed by atoms with Gasteiger partial charge in [0.25, 0.3) is 5.91 Å². The molecule has 2 rings (SSSR count). The van der Waals surface area contributed by atoms with Gasteiger partial charge in [-0.25, -0.2) is 0 Å². The van der Waals surface area contributed by atoms with E-state index < -0.39 is 0 Å². The normalized spacial score (nSPS) is 11.2. The molecule has 0 saturated carbocycles. The van der Waals surface area contributed by atoms with Gasteiger partial charge in [-0.15, -0.1) is 0 Å². The molecule has 0 aliphatic rings. The SMILES string of the molecule is COc1ccc([C@H](C)NC(=O)c2cccc(C#N)c2)cc1OC. The van der Waals surface area contributed by atoms with Gasteiger partial charge in [-0.3, -0.25) is 4.79 Å². The summed E-state index contributed by atoms with van der Waals surface area (Å²) in [5, 5.41) is 11.8. The summed E-state index contributed by atoms with van der Waals surface area (Å²) in [4.78, 5) is 12.3. The lowest BCUT2D eigenvalue weighted by atomic mass is 10.1. The number of rotatable bonds is 5. The highest BCUT2D eigenvalue weighted by atomic mass is 16.5. The van der Waals surface area contributed by atoms with Gasteiger partial charge >= 0.3 is 0 Å². The third-order valence-electron chi connectivity index (χ3n) is 3.51. The molecule has 0 aromatic heterocycles. The molecule has 2 aromatic rings. The molecule has 0 aliphatic carbocycles. The lowest BCUT2D eigenvalue weighted by Crippen LogP contribution is -2.26. The molecular formula is C18H18N2O3. The second-order valence-corrected chi connectivity index (χ2v) is 5.00. The molecule has 1 atom stereocenters. The quantitative estimate of drug-likeness (QED) is 0.921. The second kappa shape index (κ2) is 7.32. The maximum atomic E-state index is 12.3. The van der Waals surface area contributed by atoms with Crippen molar-refractivity contribution < 1.29 is 14.3 Å². The van der Waals surface area contributed by atoms with Gasteiger partial charge < -0.3 is 14.8 Å². The van der Waals surface area contributed by atoms with Crippen LogP contribution in [0.5, 0.6) is 11.5 Å². The summed E-state index contributed by atoms with van der Waals surface area (Å²) in [5.74, 6) is 1.01. The van der Waals surface area contributed by atoms with Crippen molar-refractivity contribution in [2.45, 2.75) is 13.0 Å². The molecule has 5 nitrogen and oxygen atoms in total. The average Bonchev–Trinajstić information content (AvgIpc) is 2.60. The first-order valence-electron chi connectivity index (χ1n) is 7.12. The second-order valence-electron chi connectivity index (χ2n) is 5.00. The fourth-order valence-electron chi connectivity index (χ4n) is 2.22. The number of benzene rings is 2. The minimum absolute atomic E-state index is 0.215. The molecule has 0 unspecified atom stereocenters. The van der Waals surface area contributed by atoms with Crippen LogP contribution in [0.15, 0.2) is 42.5 Å². The molecule has 0 bridgehead atoms. The fourth-order valence-corrected chi connectivity index (χ4v) is 2.22. The number of nitrogens with zero attached hydrogens (tertiary/aromatic N) is 1. The molecule has 0 fully saturated rings. The predicted molar refractivity (Wildman–Crippen MR) is 86.6 cm³/mol. The zero-order chi connectivity index (χ0) is 16.8. The van der Waals surface area contributed by atoms with Crippen LogP contribution in [-0.2, 0) is 0 Å². The van der Waals surface area contributed by atoms with Gasteiger partial charge in [0.1, 0.15) is 0 Å². The van der Waals surface area contributed by atoms with Crippen molar-refractivity contribution >= 4 is 5.91 Å². The van der Waals surface area contributed by atoms with Crippen LogP contribution in [0.3, 0.4) is 0 Å². The Hall–Kier alpha value is -3.00. The summed E-state index contributed by atoms with van der Waals surface area (Å²) in [6.07, 6.45) is 0. The van der Waals surface area contributed by atoms with Gasteiger partial charge in [-0.2, -0.15) is 5.26 Å². The van der Waals surface area contributed by atoms with Crippen LogP contribution in [-0.4, -0.2) is 20.1 Å². The lowest BCUT2D eigenvalue weighted by Gasteiger charge is -2.16. The van der Waals surface area contributed by atoms with E-state index in [0.717, 1.165) is 5.56 Å². The largest absolute Gasteiger partial charge is 0.493 e. The Morgan fingerprint density at radius 1 is 1.13 bits per heavy atom. The molecule has 2 aromatic carbocycles. The van der Waals surface area contributed by atoms with Gasteiger partial charge in [0, 0.05) is 5.56 Å². The number of carbonyl (C=O) groups excluding carboxylic acids is 1. The summed E-state index contributed by atoms with van der Waals surface area (Å²) in [5.41, 5.74) is 1.81. The summed E-state index contributed by atoms with van der Waals surface area (Å²) >= 11 is 0. The number of carbonyl (C=O) groups is 1. The molecule has 0 spiro atoms. The van der Waals surface area contributed by atoms with Crippen LogP contribution < -0.4 is 14.8 Å². The van der Waals surface area contributed by atoms with E-state index in [4.69, 9.17) is 14.7 Å². The Kier molecular flexibility index (Phi) is 5.21. The third-order valence-corrected chi connectivity index (χ3v) is 3.51. The van der Waals surface area contributed by atoms with Crippen LogP contribution in [0.1, 0.15) is 34.5 Å². The molecule has 1 amide bonds. The minimum atomic E-state index is -0.232. The molecule has 118 valence electrons. The molecular weight excluding hydrogens is 292 g/mol. The summed E-state index contributed by atoms with van der Waals surface area (Å²) in [7, 11) is 3.14. The van der Waals surface area contributed by atoms with Crippen molar-refractivity contribution in [1.82, 2.24) is 5.32 Å². The van der Waals surface area contributed by atoms with Gasteiger partial charge in [0.2, 0.25) is 0 Å². The first-order valence-corrected chi connectivity index (χ1v) is 7.12. The monoisotopic (exact) mass is 310 g/mol. The van der Waals surface area contributed by atoms with Crippen molar-refractivity contribution in [2.24, 2.45) is 0 Å². The number of hydrogen-bond acceptors (Lipinski definition) is 4. The average molecular weight is 310 g/mol. The van der Waals surface area contributed by atoms with E-state index >= 15 is 0 Å². The molecule has 0 heterocycles. The summed E-state index contributed by atoms with van der Waals surface area (Å²) in [6, 6.07) is 13.9. The van der Waals surface area contributed by atoms with Crippen molar-refractivity contribution in [3.05, 3.63) is 59.2 Å².